The highest BCUT2D eigenvalue weighted by molar-refractivity contribution is 6.53. The predicted octanol–water partition coefficient (Wildman–Crippen LogP) is 3.59. The van der Waals surface area contributed by atoms with E-state index in [9.17, 15) is 9.18 Å². The molecule has 1 unspecified atom stereocenters. The first-order valence-electron chi connectivity index (χ1n) is 7.96. The number of halogens is 1. The van der Waals surface area contributed by atoms with E-state index in [2.05, 4.69) is 0 Å². The van der Waals surface area contributed by atoms with Crippen molar-refractivity contribution in [2.45, 2.75) is 71.0 Å². The Bertz CT molecular complexity index is 457. The molecule has 6 heteroatoms. The molecule has 2 fully saturated rings. The van der Waals surface area contributed by atoms with E-state index < -0.39 is 18.3 Å². The smallest absolute Gasteiger partial charge is 0.469 e. The number of hydrogen-bond acceptors (Lipinski definition) is 4. The van der Waals surface area contributed by atoms with Crippen LogP contribution in [0.1, 0.15) is 59.8 Å². The Morgan fingerprint density at radius 2 is 1.91 bits per heavy atom. The lowest BCUT2D eigenvalue weighted by Crippen LogP contribution is -2.41. The molecule has 2 aliphatic rings. The molecule has 1 aliphatic heterocycles. The van der Waals surface area contributed by atoms with Gasteiger partial charge in [0, 0.05) is 6.42 Å². The highest BCUT2D eigenvalue weighted by Crippen LogP contribution is 2.41. The maximum absolute atomic E-state index is 14.8. The van der Waals surface area contributed by atoms with Crippen LogP contribution < -0.4 is 0 Å². The molecule has 0 N–H and O–H groups in total. The summed E-state index contributed by atoms with van der Waals surface area (Å²) in [6.07, 6.45) is 3.43. The Hall–Kier alpha value is -0.875. The van der Waals surface area contributed by atoms with Crippen molar-refractivity contribution >= 4 is 13.1 Å². The minimum Gasteiger partial charge on any atom is -0.469 e. The second-order valence-corrected chi connectivity index (χ2v) is 7.28. The molecule has 1 saturated carbocycles. The fourth-order valence-electron chi connectivity index (χ4n) is 2.98. The van der Waals surface area contributed by atoms with Gasteiger partial charge in [-0.25, -0.2) is 4.39 Å². The zero-order valence-corrected chi connectivity index (χ0v) is 14.2. The molecule has 1 heterocycles. The predicted molar refractivity (Wildman–Crippen MR) is 82.8 cm³/mol. The average Bonchev–Trinajstić information content (AvgIpc) is 2.66. The third-order valence-electron chi connectivity index (χ3n) is 5.11. The van der Waals surface area contributed by atoms with Gasteiger partial charge in [0.15, 0.2) is 0 Å². The van der Waals surface area contributed by atoms with E-state index in [1.165, 1.54) is 7.11 Å². The molecule has 0 bridgehead atoms. The van der Waals surface area contributed by atoms with Gasteiger partial charge in [-0.15, -0.1) is 0 Å². The van der Waals surface area contributed by atoms with Crippen molar-refractivity contribution in [1.82, 2.24) is 0 Å². The minimum atomic E-state index is -0.933. The molecule has 0 aromatic carbocycles. The molecule has 1 saturated heterocycles. The van der Waals surface area contributed by atoms with Gasteiger partial charge in [0.25, 0.3) is 0 Å². The van der Waals surface area contributed by atoms with Gasteiger partial charge in [-0.05, 0) is 64.9 Å². The van der Waals surface area contributed by atoms with Crippen molar-refractivity contribution in [3.8, 4) is 0 Å². The quantitative estimate of drug-likeness (QED) is 0.590. The Morgan fingerprint density at radius 1 is 1.32 bits per heavy atom. The number of methoxy groups -OCH3 is 1. The molecule has 0 aromatic heterocycles. The number of carbonyl (C=O) groups excluding carboxylic acids is 1. The maximum Gasteiger partial charge on any atom is 0.525 e. The van der Waals surface area contributed by atoms with Crippen molar-refractivity contribution < 1.29 is 23.2 Å². The van der Waals surface area contributed by atoms with Crippen LogP contribution >= 0.6 is 0 Å². The largest absolute Gasteiger partial charge is 0.525 e. The monoisotopic (exact) mass is 312 g/mol. The van der Waals surface area contributed by atoms with Crippen molar-refractivity contribution in [3.63, 3.8) is 0 Å². The van der Waals surface area contributed by atoms with Crippen molar-refractivity contribution in [2.24, 2.45) is 5.92 Å². The Balaban J connectivity index is 2.08. The highest BCUT2D eigenvalue weighted by atomic mass is 19.1. The summed E-state index contributed by atoms with van der Waals surface area (Å²) in [7, 11) is 0.448. The molecule has 22 heavy (non-hydrogen) atoms. The molecule has 1 atom stereocenters. The molecule has 0 spiro atoms. The van der Waals surface area contributed by atoms with E-state index >= 15 is 0 Å². The Morgan fingerprint density at radius 3 is 2.45 bits per heavy atom. The minimum absolute atomic E-state index is 0.143. The van der Waals surface area contributed by atoms with Crippen LogP contribution in [0.3, 0.4) is 0 Å². The molecule has 124 valence electrons. The van der Waals surface area contributed by atoms with Crippen LogP contribution in [0, 0.1) is 5.92 Å². The van der Waals surface area contributed by atoms with Crippen LogP contribution in [0.2, 0.25) is 0 Å². The summed E-state index contributed by atoms with van der Waals surface area (Å²) < 4.78 is 31.0. The standard InChI is InChI=1S/C16H26BFO4/c1-15(2)16(3,4)22-17(21-15)14(18)12-8-6-7-11(9-12)10-13(19)20-5/h11H,6-10H2,1-5H3. The van der Waals surface area contributed by atoms with Gasteiger partial charge in [0.05, 0.1) is 18.3 Å². The number of rotatable bonds is 3. The maximum atomic E-state index is 14.8. The topological polar surface area (TPSA) is 44.8 Å². The lowest BCUT2D eigenvalue weighted by atomic mass is 9.76. The van der Waals surface area contributed by atoms with E-state index in [0.717, 1.165) is 18.4 Å². The van der Waals surface area contributed by atoms with Crippen LogP contribution in [0.4, 0.5) is 4.39 Å². The Labute approximate surface area is 132 Å². The zero-order valence-electron chi connectivity index (χ0n) is 14.2. The lowest BCUT2D eigenvalue weighted by Gasteiger charge is -2.32. The first-order valence-corrected chi connectivity index (χ1v) is 7.96. The molecule has 0 aromatic rings. The molecule has 1 aliphatic carbocycles. The summed E-state index contributed by atoms with van der Waals surface area (Å²) in [4.78, 5) is 11.4. The van der Waals surface area contributed by atoms with Crippen LogP contribution in [0.25, 0.3) is 0 Å². The van der Waals surface area contributed by atoms with Gasteiger partial charge >= 0.3 is 13.1 Å². The third-order valence-corrected chi connectivity index (χ3v) is 5.11. The number of hydrogen-bond donors (Lipinski definition) is 0. The number of esters is 1. The number of ether oxygens (including phenoxy) is 1. The van der Waals surface area contributed by atoms with Crippen molar-refractivity contribution in [1.29, 1.82) is 0 Å². The third kappa shape index (κ3) is 3.54. The molecule has 0 amide bonds. The summed E-state index contributed by atoms with van der Waals surface area (Å²) >= 11 is 0. The fraction of sp³-hybridized carbons (Fsp3) is 0.812. The first kappa shape index (κ1) is 17.5. The van der Waals surface area contributed by atoms with Crippen LogP contribution in [0.15, 0.2) is 11.3 Å². The van der Waals surface area contributed by atoms with E-state index in [4.69, 9.17) is 14.0 Å². The van der Waals surface area contributed by atoms with Gasteiger partial charge < -0.3 is 14.0 Å². The average molecular weight is 312 g/mol. The number of carbonyl (C=O) groups is 1. The molecule has 0 radical (unpaired) electrons. The van der Waals surface area contributed by atoms with E-state index in [0.29, 0.717) is 19.3 Å². The molecular weight excluding hydrogens is 286 g/mol. The summed E-state index contributed by atoms with van der Waals surface area (Å²) in [5, 5.41) is 0. The van der Waals surface area contributed by atoms with Crippen LogP contribution in [-0.4, -0.2) is 31.4 Å². The summed E-state index contributed by atoms with van der Waals surface area (Å²) in [5.41, 5.74) is -0.683. The van der Waals surface area contributed by atoms with Gasteiger partial charge in [-0.3, -0.25) is 4.79 Å². The SMILES string of the molecule is COC(=O)CC1CCCC(=C(F)B2OC(C)(C)C(C)(C)O2)C1. The molecule has 2 rings (SSSR count). The first-order chi connectivity index (χ1) is 10.2. The zero-order chi connectivity index (χ0) is 16.5. The van der Waals surface area contributed by atoms with E-state index in [1.54, 1.807) is 0 Å². The van der Waals surface area contributed by atoms with Gasteiger partial charge in [-0.2, -0.15) is 0 Å². The summed E-state index contributed by atoms with van der Waals surface area (Å²) in [6.45, 7) is 7.63. The molecular formula is C16H26BFO4. The van der Waals surface area contributed by atoms with Gasteiger partial charge in [0.1, 0.15) is 5.73 Å². The van der Waals surface area contributed by atoms with Crippen LogP contribution in [0.5, 0.6) is 0 Å². The van der Waals surface area contributed by atoms with Crippen LogP contribution in [-0.2, 0) is 18.8 Å². The lowest BCUT2D eigenvalue weighted by molar-refractivity contribution is -0.141. The van der Waals surface area contributed by atoms with Gasteiger partial charge in [0.2, 0.25) is 0 Å². The number of allylic oxidation sites excluding steroid dienone is 1. The van der Waals surface area contributed by atoms with Crippen molar-refractivity contribution in [2.75, 3.05) is 7.11 Å². The summed E-state index contributed by atoms with van der Waals surface area (Å²) in [5.74, 6) is -0.0911. The normalized spacial score (nSPS) is 29.4. The van der Waals surface area contributed by atoms with E-state index in [1.807, 2.05) is 27.7 Å². The second kappa shape index (κ2) is 6.32. The Kier molecular flexibility index (Phi) is 5.02. The van der Waals surface area contributed by atoms with E-state index in [-0.39, 0.29) is 17.6 Å². The summed E-state index contributed by atoms with van der Waals surface area (Å²) in [6, 6.07) is 0. The van der Waals surface area contributed by atoms with Crippen molar-refractivity contribution in [3.05, 3.63) is 11.3 Å². The highest BCUT2D eigenvalue weighted by Gasteiger charge is 2.53. The second-order valence-electron chi connectivity index (χ2n) is 7.28. The van der Waals surface area contributed by atoms with Gasteiger partial charge in [-0.1, -0.05) is 0 Å². The molecule has 4 nitrogen and oxygen atoms in total. The fourth-order valence-corrected chi connectivity index (χ4v) is 2.98.